The van der Waals surface area contributed by atoms with Crippen LogP contribution in [0.25, 0.3) is 0 Å². The fraction of sp³-hybridized carbons (Fsp3) is 0.357. The maximum Gasteiger partial charge on any atom is 0.435 e. The number of fused-ring (bicyclic) bond motifs is 1. The van der Waals surface area contributed by atoms with E-state index in [0.29, 0.717) is 30.8 Å². The van der Waals surface area contributed by atoms with Crippen LogP contribution in [0.1, 0.15) is 22.5 Å². The minimum Gasteiger partial charge on any atom is -0.311 e. The van der Waals surface area contributed by atoms with Gasteiger partial charge in [0.25, 0.3) is 0 Å². The van der Waals surface area contributed by atoms with Gasteiger partial charge in [0, 0.05) is 12.1 Å². The first-order valence-electron chi connectivity index (χ1n) is 6.56. The van der Waals surface area contributed by atoms with Gasteiger partial charge in [-0.3, -0.25) is 4.68 Å². The Bertz CT molecular complexity index is 643. The van der Waals surface area contributed by atoms with Crippen LogP contribution in [0.5, 0.6) is 0 Å². The van der Waals surface area contributed by atoms with Crippen molar-refractivity contribution in [1.82, 2.24) is 15.1 Å². The summed E-state index contributed by atoms with van der Waals surface area (Å²) in [5.74, 6) is -0.376. The fourth-order valence-corrected chi connectivity index (χ4v) is 2.54. The van der Waals surface area contributed by atoms with E-state index >= 15 is 0 Å². The number of halogens is 4. The molecule has 0 unspecified atom stereocenters. The molecular formula is C14H13F4N3. The molecule has 3 nitrogen and oxygen atoms in total. The molecule has 7 heteroatoms. The van der Waals surface area contributed by atoms with Crippen LogP contribution in [0.3, 0.4) is 0 Å². The van der Waals surface area contributed by atoms with Crippen LogP contribution in [0.4, 0.5) is 17.6 Å². The van der Waals surface area contributed by atoms with Crippen molar-refractivity contribution in [3.63, 3.8) is 0 Å². The molecule has 0 bridgehead atoms. The summed E-state index contributed by atoms with van der Waals surface area (Å²) in [5.41, 5.74) is 0.725. The highest BCUT2D eigenvalue weighted by atomic mass is 19.4. The molecule has 0 spiro atoms. The Balaban J connectivity index is 1.98. The predicted molar refractivity (Wildman–Crippen MR) is 68.1 cm³/mol. The third-order valence-corrected chi connectivity index (χ3v) is 3.52. The molecule has 1 N–H and O–H groups in total. The molecular weight excluding hydrogens is 286 g/mol. The number of nitrogens with zero attached hydrogens (tertiary/aromatic N) is 2. The summed E-state index contributed by atoms with van der Waals surface area (Å²) in [6, 6.07) is 5.67. The van der Waals surface area contributed by atoms with Gasteiger partial charge in [-0.2, -0.15) is 18.3 Å². The number of alkyl halides is 3. The van der Waals surface area contributed by atoms with Crippen LogP contribution < -0.4 is 5.32 Å². The van der Waals surface area contributed by atoms with Gasteiger partial charge in [-0.25, -0.2) is 4.39 Å². The van der Waals surface area contributed by atoms with Crippen molar-refractivity contribution >= 4 is 0 Å². The van der Waals surface area contributed by atoms with Gasteiger partial charge in [0.15, 0.2) is 5.69 Å². The number of rotatable bonds is 2. The molecule has 3 rings (SSSR count). The summed E-state index contributed by atoms with van der Waals surface area (Å²) in [5, 5.41) is 6.79. The highest BCUT2D eigenvalue weighted by molar-refractivity contribution is 5.31. The van der Waals surface area contributed by atoms with Gasteiger partial charge in [0.1, 0.15) is 5.82 Å². The third-order valence-electron chi connectivity index (χ3n) is 3.52. The molecule has 0 saturated heterocycles. The second-order valence-corrected chi connectivity index (χ2v) is 4.98. The molecule has 0 radical (unpaired) electrons. The molecule has 0 amide bonds. The highest BCUT2D eigenvalue weighted by Crippen LogP contribution is 2.34. The third kappa shape index (κ3) is 2.78. The van der Waals surface area contributed by atoms with Crippen LogP contribution in [-0.2, 0) is 25.7 Å². The van der Waals surface area contributed by atoms with Crippen LogP contribution in [-0.4, -0.2) is 16.3 Å². The molecule has 21 heavy (non-hydrogen) atoms. The molecule has 0 atom stereocenters. The zero-order valence-corrected chi connectivity index (χ0v) is 11.0. The van der Waals surface area contributed by atoms with E-state index in [4.69, 9.17) is 0 Å². The molecule has 0 saturated carbocycles. The van der Waals surface area contributed by atoms with E-state index in [1.54, 1.807) is 12.1 Å². The number of hydrogen-bond acceptors (Lipinski definition) is 2. The first-order chi connectivity index (χ1) is 9.95. The maximum absolute atomic E-state index is 13.0. The minimum atomic E-state index is -4.45. The quantitative estimate of drug-likeness (QED) is 0.864. The number of benzene rings is 1. The highest BCUT2D eigenvalue weighted by Gasteiger charge is 2.39. The smallest absolute Gasteiger partial charge is 0.311 e. The van der Waals surface area contributed by atoms with Crippen LogP contribution in [0.15, 0.2) is 24.3 Å². The molecule has 1 aliphatic rings. The monoisotopic (exact) mass is 299 g/mol. The van der Waals surface area contributed by atoms with Gasteiger partial charge in [-0.15, -0.1) is 0 Å². The van der Waals surface area contributed by atoms with Gasteiger partial charge >= 0.3 is 6.18 Å². The van der Waals surface area contributed by atoms with Crippen LogP contribution in [0, 0.1) is 5.82 Å². The lowest BCUT2D eigenvalue weighted by atomic mass is 10.1. The molecule has 112 valence electrons. The van der Waals surface area contributed by atoms with E-state index in [1.165, 1.54) is 16.8 Å². The minimum absolute atomic E-state index is 0.195. The van der Waals surface area contributed by atoms with E-state index in [1.807, 2.05) is 0 Å². The summed E-state index contributed by atoms with van der Waals surface area (Å²) in [4.78, 5) is 0. The van der Waals surface area contributed by atoms with Gasteiger partial charge in [-0.1, -0.05) is 12.1 Å². The molecule has 1 aromatic carbocycles. The summed E-state index contributed by atoms with van der Waals surface area (Å²) >= 11 is 0. The Labute approximate surface area is 118 Å². The van der Waals surface area contributed by atoms with Gasteiger partial charge in [-0.05, 0) is 30.7 Å². The second-order valence-electron chi connectivity index (χ2n) is 4.98. The first kappa shape index (κ1) is 14.1. The summed E-state index contributed by atoms with van der Waals surface area (Å²) in [6.07, 6.45) is -4.14. The van der Waals surface area contributed by atoms with Crippen molar-refractivity contribution in [2.45, 2.75) is 25.7 Å². The van der Waals surface area contributed by atoms with Crippen molar-refractivity contribution in [3.05, 3.63) is 52.6 Å². The van der Waals surface area contributed by atoms with Crippen LogP contribution >= 0.6 is 0 Å². The lowest BCUT2D eigenvalue weighted by Gasteiger charge is -2.16. The average molecular weight is 299 g/mol. The van der Waals surface area contributed by atoms with Gasteiger partial charge in [0.05, 0.1) is 12.2 Å². The summed E-state index contributed by atoms with van der Waals surface area (Å²) in [7, 11) is 0. The predicted octanol–water partition coefficient (Wildman–Crippen LogP) is 2.74. The number of hydrogen-bond donors (Lipinski definition) is 1. The maximum atomic E-state index is 13.0. The average Bonchev–Trinajstić information content (AvgIpc) is 2.81. The molecule has 1 aromatic heterocycles. The number of aromatic nitrogens is 2. The van der Waals surface area contributed by atoms with Crippen molar-refractivity contribution in [3.8, 4) is 0 Å². The Morgan fingerprint density at radius 2 is 1.90 bits per heavy atom. The Kier molecular flexibility index (Phi) is 3.44. The molecule has 0 fully saturated rings. The second kappa shape index (κ2) is 5.14. The lowest BCUT2D eigenvalue weighted by Crippen LogP contribution is -2.26. The molecule has 2 heterocycles. The topological polar surface area (TPSA) is 29.9 Å². The van der Waals surface area contributed by atoms with E-state index in [9.17, 15) is 17.6 Å². The first-order valence-corrected chi connectivity index (χ1v) is 6.56. The Morgan fingerprint density at radius 3 is 2.57 bits per heavy atom. The molecule has 0 aliphatic carbocycles. The Hall–Kier alpha value is -1.89. The van der Waals surface area contributed by atoms with E-state index in [-0.39, 0.29) is 17.9 Å². The standard InChI is InChI=1S/C14H13F4N3/c15-10-3-1-9(2-4-10)8-21-12-7-19-6-5-11(12)13(20-21)14(16,17)18/h1-4,19H,5-8H2. The van der Waals surface area contributed by atoms with Gasteiger partial charge < -0.3 is 5.32 Å². The van der Waals surface area contributed by atoms with E-state index in [0.717, 1.165) is 0 Å². The normalized spacial score (nSPS) is 15.0. The fourth-order valence-electron chi connectivity index (χ4n) is 2.54. The van der Waals surface area contributed by atoms with E-state index < -0.39 is 11.9 Å². The van der Waals surface area contributed by atoms with Crippen molar-refractivity contribution in [2.75, 3.05) is 6.54 Å². The summed E-state index contributed by atoms with van der Waals surface area (Å²) < 4.78 is 53.3. The SMILES string of the molecule is Fc1ccc(Cn2nc(C(F)(F)F)c3c2CNCC3)cc1. The van der Waals surface area contributed by atoms with E-state index in [2.05, 4.69) is 10.4 Å². The van der Waals surface area contributed by atoms with Crippen LogP contribution in [0.2, 0.25) is 0 Å². The van der Waals surface area contributed by atoms with Crippen molar-refractivity contribution in [2.24, 2.45) is 0 Å². The van der Waals surface area contributed by atoms with Crippen molar-refractivity contribution in [1.29, 1.82) is 0 Å². The van der Waals surface area contributed by atoms with Crippen molar-refractivity contribution < 1.29 is 17.6 Å². The lowest BCUT2D eigenvalue weighted by molar-refractivity contribution is -0.142. The zero-order chi connectivity index (χ0) is 15.0. The molecule has 2 aromatic rings. The molecule has 1 aliphatic heterocycles. The van der Waals surface area contributed by atoms with Gasteiger partial charge in [0.2, 0.25) is 0 Å². The summed E-state index contributed by atoms with van der Waals surface area (Å²) in [6.45, 7) is 1.07. The zero-order valence-electron chi connectivity index (χ0n) is 11.0. The number of nitrogens with one attached hydrogen (secondary N) is 1. The Morgan fingerprint density at radius 1 is 1.19 bits per heavy atom. The largest absolute Gasteiger partial charge is 0.435 e.